The van der Waals surface area contributed by atoms with Gasteiger partial charge in [-0.15, -0.1) is 0 Å². The van der Waals surface area contributed by atoms with Gasteiger partial charge < -0.3 is 10.1 Å². The molecule has 0 spiro atoms. The van der Waals surface area contributed by atoms with Crippen molar-refractivity contribution in [2.75, 3.05) is 19.7 Å². The third-order valence-electron chi connectivity index (χ3n) is 3.20. The Morgan fingerprint density at radius 1 is 1.20 bits per heavy atom. The Balaban J connectivity index is 1.95. The van der Waals surface area contributed by atoms with E-state index in [4.69, 9.17) is 4.74 Å². The van der Waals surface area contributed by atoms with Crippen molar-refractivity contribution in [1.29, 1.82) is 0 Å². The lowest BCUT2D eigenvalue weighted by atomic mass is 10.0. The first-order valence-corrected chi connectivity index (χ1v) is 6.59. The van der Waals surface area contributed by atoms with E-state index in [1.807, 2.05) is 18.2 Å². The first-order valence-electron chi connectivity index (χ1n) is 6.59. The largest absolute Gasteiger partial charge is 0.367 e. The molecule has 1 atom stereocenters. The predicted octanol–water partition coefficient (Wildman–Crippen LogP) is 1.31. The van der Waals surface area contributed by atoms with Crippen LogP contribution in [0, 0.1) is 0 Å². The fourth-order valence-electron chi connectivity index (χ4n) is 2.22. The SMILES string of the molecule is O=C(c1cccnc1-c1ccccn1)C1CNCCO1. The molecular weight excluding hydrogens is 254 g/mol. The van der Waals surface area contributed by atoms with Gasteiger partial charge in [-0.25, -0.2) is 0 Å². The van der Waals surface area contributed by atoms with Gasteiger partial charge in [-0.2, -0.15) is 0 Å². The molecule has 5 heteroatoms. The molecule has 20 heavy (non-hydrogen) atoms. The van der Waals surface area contributed by atoms with Crippen molar-refractivity contribution in [3.05, 3.63) is 48.3 Å². The van der Waals surface area contributed by atoms with Crippen molar-refractivity contribution in [3.63, 3.8) is 0 Å². The number of nitrogens with zero attached hydrogens (tertiary/aromatic N) is 2. The van der Waals surface area contributed by atoms with E-state index < -0.39 is 6.10 Å². The zero-order valence-electron chi connectivity index (χ0n) is 11.0. The number of rotatable bonds is 3. The predicted molar refractivity (Wildman–Crippen MR) is 74.4 cm³/mol. The van der Waals surface area contributed by atoms with E-state index in [1.165, 1.54) is 0 Å². The molecule has 0 aromatic carbocycles. The molecule has 0 bridgehead atoms. The Labute approximate surface area is 117 Å². The fourth-order valence-corrected chi connectivity index (χ4v) is 2.22. The van der Waals surface area contributed by atoms with Gasteiger partial charge in [-0.05, 0) is 24.3 Å². The normalized spacial score (nSPS) is 18.7. The van der Waals surface area contributed by atoms with E-state index in [-0.39, 0.29) is 5.78 Å². The summed E-state index contributed by atoms with van der Waals surface area (Å²) in [6.45, 7) is 1.87. The van der Waals surface area contributed by atoms with Gasteiger partial charge in [-0.1, -0.05) is 6.07 Å². The van der Waals surface area contributed by atoms with Crippen LogP contribution in [0.5, 0.6) is 0 Å². The molecule has 102 valence electrons. The summed E-state index contributed by atoms with van der Waals surface area (Å²) in [5.74, 6) is -0.0500. The van der Waals surface area contributed by atoms with Crippen LogP contribution in [-0.4, -0.2) is 41.6 Å². The topological polar surface area (TPSA) is 64.1 Å². The highest BCUT2D eigenvalue weighted by Crippen LogP contribution is 2.20. The zero-order chi connectivity index (χ0) is 13.8. The molecule has 2 aromatic heterocycles. The van der Waals surface area contributed by atoms with Gasteiger partial charge in [0.1, 0.15) is 6.10 Å². The van der Waals surface area contributed by atoms with Crippen LogP contribution < -0.4 is 5.32 Å². The van der Waals surface area contributed by atoms with Gasteiger partial charge in [0.2, 0.25) is 0 Å². The van der Waals surface area contributed by atoms with E-state index in [0.717, 1.165) is 6.54 Å². The summed E-state index contributed by atoms with van der Waals surface area (Å²) in [6, 6.07) is 9.10. The number of ketones is 1. The number of hydrogen-bond donors (Lipinski definition) is 1. The Morgan fingerprint density at radius 3 is 2.85 bits per heavy atom. The van der Waals surface area contributed by atoms with Crippen molar-refractivity contribution in [2.45, 2.75) is 6.10 Å². The summed E-state index contributed by atoms with van der Waals surface area (Å²) in [6.07, 6.45) is 2.91. The minimum Gasteiger partial charge on any atom is -0.367 e. The highest BCUT2D eigenvalue weighted by molar-refractivity contribution is 6.04. The van der Waals surface area contributed by atoms with Crippen LogP contribution in [0.25, 0.3) is 11.4 Å². The number of nitrogens with one attached hydrogen (secondary N) is 1. The molecule has 3 rings (SSSR count). The molecule has 2 aromatic rings. The van der Waals surface area contributed by atoms with Crippen LogP contribution in [0.3, 0.4) is 0 Å². The second-order valence-electron chi connectivity index (χ2n) is 4.54. The highest BCUT2D eigenvalue weighted by atomic mass is 16.5. The van der Waals surface area contributed by atoms with Crippen molar-refractivity contribution in [3.8, 4) is 11.4 Å². The molecule has 1 N–H and O–H groups in total. The number of pyridine rings is 2. The molecule has 1 saturated heterocycles. The van der Waals surface area contributed by atoms with E-state index in [1.54, 1.807) is 24.5 Å². The quantitative estimate of drug-likeness (QED) is 0.851. The van der Waals surface area contributed by atoms with Crippen molar-refractivity contribution >= 4 is 5.78 Å². The van der Waals surface area contributed by atoms with Crippen molar-refractivity contribution in [1.82, 2.24) is 15.3 Å². The fraction of sp³-hybridized carbons (Fsp3) is 0.267. The molecule has 1 aliphatic rings. The Bertz CT molecular complexity index is 595. The van der Waals surface area contributed by atoms with E-state index in [2.05, 4.69) is 15.3 Å². The van der Waals surface area contributed by atoms with Gasteiger partial charge in [-0.3, -0.25) is 14.8 Å². The van der Waals surface area contributed by atoms with Gasteiger partial charge in [0, 0.05) is 31.0 Å². The number of carbonyl (C=O) groups is 1. The van der Waals surface area contributed by atoms with Gasteiger partial charge in [0.15, 0.2) is 5.78 Å². The van der Waals surface area contributed by atoms with Crippen LogP contribution >= 0.6 is 0 Å². The number of ether oxygens (including phenoxy) is 1. The van der Waals surface area contributed by atoms with Gasteiger partial charge >= 0.3 is 0 Å². The maximum absolute atomic E-state index is 12.6. The molecule has 1 aliphatic heterocycles. The average molecular weight is 269 g/mol. The van der Waals surface area contributed by atoms with Crippen LogP contribution in [0.15, 0.2) is 42.7 Å². The average Bonchev–Trinajstić information content (AvgIpc) is 2.56. The second kappa shape index (κ2) is 5.90. The maximum Gasteiger partial charge on any atom is 0.195 e. The Kier molecular flexibility index (Phi) is 3.80. The third-order valence-corrected chi connectivity index (χ3v) is 3.20. The Morgan fingerprint density at radius 2 is 2.10 bits per heavy atom. The van der Waals surface area contributed by atoms with Crippen molar-refractivity contribution < 1.29 is 9.53 Å². The second-order valence-corrected chi connectivity index (χ2v) is 4.54. The number of Topliss-reactive ketones (excluding diaryl/α,β-unsaturated/α-hetero) is 1. The molecule has 0 aliphatic carbocycles. The van der Waals surface area contributed by atoms with Crippen LogP contribution in [-0.2, 0) is 4.74 Å². The van der Waals surface area contributed by atoms with Crippen LogP contribution in [0.2, 0.25) is 0 Å². The van der Waals surface area contributed by atoms with Gasteiger partial charge in [0.25, 0.3) is 0 Å². The minimum atomic E-state index is -0.449. The summed E-state index contributed by atoms with van der Waals surface area (Å²) in [5, 5.41) is 3.16. The van der Waals surface area contributed by atoms with E-state index in [0.29, 0.717) is 30.1 Å². The lowest BCUT2D eigenvalue weighted by Crippen LogP contribution is -2.43. The number of hydrogen-bond acceptors (Lipinski definition) is 5. The summed E-state index contributed by atoms with van der Waals surface area (Å²) >= 11 is 0. The lowest BCUT2D eigenvalue weighted by Gasteiger charge is -2.23. The monoisotopic (exact) mass is 269 g/mol. The summed E-state index contributed by atoms with van der Waals surface area (Å²) in [4.78, 5) is 21.1. The molecule has 1 unspecified atom stereocenters. The zero-order valence-corrected chi connectivity index (χ0v) is 11.0. The summed E-state index contributed by atoms with van der Waals surface area (Å²) < 4.78 is 5.52. The molecule has 5 nitrogen and oxygen atoms in total. The van der Waals surface area contributed by atoms with E-state index in [9.17, 15) is 4.79 Å². The van der Waals surface area contributed by atoms with Crippen LogP contribution in [0.4, 0.5) is 0 Å². The first kappa shape index (κ1) is 12.9. The summed E-state index contributed by atoms with van der Waals surface area (Å²) in [5.41, 5.74) is 1.85. The molecule has 0 amide bonds. The number of carbonyl (C=O) groups excluding carboxylic acids is 1. The standard InChI is InChI=1S/C15H15N3O2/c19-15(13-10-16-8-9-20-13)11-4-3-7-18-14(11)12-5-1-2-6-17-12/h1-7,13,16H,8-10H2. The Hall–Kier alpha value is -2.11. The third kappa shape index (κ3) is 2.59. The molecule has 0 radical (unpaired) electrons. The molecule has 3 heterocycles. The lowest BCUT2D eigenvalue weighted by molar-refractivity contribution is 0.0269. The smallest absolute Gasteiger partial charge is 0.195 e. The molecule has 1 fully saturated rings. The van der Waals surface area contributed by atoms with Crippen molar-refractivity contribution in [2.24, 2.45) is 0 Å². The number of aromatic nitrogens is 2. The van der Waals surface area contributed by atoms with Crippen LogP contribution in [0.1, 0.15) is 10.4 Å². The molecular formula is C15H15N3O2. The highest BCUT2D eigenvalue weighted by Gasteiger charge is 2.25. The molecule has 0 saturated carbocycles. The first-order chi connectivity index (χ1) is 9.86. The minimum absolute atomic E-state index is 0.0500. The number of morpholine rings is 1. The van der Waals surface area contributed by atoms with E-state index >= 15 is 0 Å². The summed E-state index contributed by atoms with van der Waals surface area (Å²) in [7, 11) is 0. The van der Waals surface area contributed by atoms with Gasteiger partial charge in [0.05, 0.1) is 18.0 Å². The maximum atomic E-state index is 12.6.